The van der Waals surface area contributed by atoms with Gasteiger partial charge in [-0.25, -0.2) is 13.6 Å². The number of ether oxygens (including phenoxy) is 1. The van der Waals surface area contributed by atoms with Crippen LogP contribution in [0.1, 0.15) is 91.4 Å². The molecule has 1 heterocycles. The highest BCUT2D eigenvalue weighted by Crippen LogP contribution is 2.41. The molecule has 16 heteroatoms. The predicted molar refractivity (Wildman–Crippen MR) is 221 cm³/mol. The molecule has 3 rings (SSSR count). The first-order valence-corrected chi connectivity index (χ1v) is 19.8. The van der Waals surface area contributed by atoms with Gasteiger partial charge in [-0.05, 0) is 81.7 Å². The van der Waals surface area contributed by atoms with Gasteiger partial charge in [-0.3, -0.25) is 19.2 Å². The highest BCUT2D eigenvalue weighted by atomic mass is 19.1. The Hall–Kier alpha value is -5.35. The van der Waals surface area contributed by atoms with Gasteiger partial charge in [-0.2, -0.15) is 0 Å². The molecule has 0 aliphatic heterocycles. The van der Waals surface area contributed by atoms with Crippen LogP contribution in [-0.4, -0.2) is 94.8 Å². The second kappa shape index (κ2) is 22.1. The molecule has 0 aliphatic rings. The molecule has 7 N–H and O–H groups in total. The minimum Gasteiger partial charge on any atom is -0.444 e. The Morgan fingerprint density at radius 1 is 0.864 bits per heavy atom. The van der Waals surface area contributed by atoms with Crippen LogP contribution in [0.2, 0.25) is 0 Å². The van der Waals surface area contributed by atoms with Crippen LogP contribution in [0.15, 0.2) is 60.8 Å². The molecular formula is C43H61F2N7O7. The van der Waals surface area contributed by atoms with Crippen molar-refractivity contribution < 1.29 is 42.6 Å². The number of alkyl carbamates (subject to hydrolysis) is 1. The summed E-state index contributed by atoms with van der Waals surface area (Å²) in [5, 5.41) is 20.8. The number of unbranched alkanes of at least 4 members (excludes halogenated alkanes) is 1. The van der Waals surface area contributed by atoms with E-state index in [2.05, 4.69) is 21.3 Å². The number of aromatic nitrogens is 1. The van der Waals surface area contributed by atoms with Crippen LogP contribution in [0.4, 0.5) is 13.6 Å². The lowest BCUT2D eigenvalue weighted by Crippen LogP contribution is -2.49. The van der Waals surface area contributed by atoms with Gasteiger partial charge >= 0.3 is 6.09 Å². The molecule has 0 unspecified atom stereocenters. The Labute approximate surface area is 345 Å². The van der Waals surface area contributed by atoms with Gasteiger partial charge in [0, 0.05) is 62.7 Å². The van der Waals surface area contributed by atoms with E-state index >= 15 is 4.39 Å². The maximum atomic E-state index is 15.1. The van der Waals surface area contributed by atoms with E-state index in [1.807, 2.05) is 55.7 Å². The Kier molecular flexibility index (Phi) is 18.0. The van der Waals surface area contributed by atoms with Gasteiger partial charge in [0.25, 0.3) is 0 Å². The number of halogens is 2. The van der Waals surface area contributed by atoms with Crippen molar-refractivity contribution >= 4 is 29.7 Å². The van der Waals surface area contributed by atoms with Crippen molar-refractivity contribution in [2.45, 2.75) is 104 Å². The van der Waals surface area contributed by atoms with Gasteiger partial charge in [0.15, 0.2) is 0 Å². The lowest BCUT2D eigenvalue weighted by atomic mass is 9.82. The third-order valence-electron chi connectivity index (χ3n) is 9.26. The summed E-state index contributed by atoms with van der Waals surface area (Å²) in [4.78, 5) is 64.6. The molecule has 324 valence electrons. The Bertz CT molecular complexity index is 1880. The monoisotopic (exact) mass is 825 g/mol. The molecule has 0 saturated carbocycles. The first-order valence-electron chi connectivity index (χ1n) is 19.8. The first kappa shape index (κ1) is 48.0. The molecular weight excluding hydrogens is 765 g/mol. The summed E-state index contributed by atoms with van der Waals surface area (Å²) < 4.78 is 36.5. The zero-order valence-electron chi connectivity index (χ0n) is 35.2. The van der Waals surface area contributed by atoms with E-state index in [1.165, 1.54) is 11.8 Å². The predicted octanol–water partition coefficient (Wildman–Crippen LogP) is 4.54. The van der Waals surface area contributed by atoms with E-state index in [4.69, 9.17) is 10.5 Å². The number of aliphatic hydroxyl groups is 1. The normalized spacial score (nSPS) is 13.1. The maximum absolute atomic E-state index is 15.1. The van der Waals surface area contributed by atoms with Crippen molar-refractivity contribution in [1.82, 2.24) is 30.7 Å². The number of amides is 5. The standard InChI is InChI=1S/C43H61F2N7O7/c1-28(54)50-35(15-11-12-19-49-41(58)59-43(5,6)7)40(57)48-21-20-47-39(56)34(46)18-22-52(37(55)27-53)38(42(2,3)4)36-23-30(32-24-31(44)16-17-33(32)45)26-51(36)25-29-13-9-8-10-14-29/h8-10,13-14,16-17,23-24,26,34-35,38,53H,11-12,15,18-22,25,27,46H2,1-7H3,(H,47,56)(H,48,57)(H,49,58)(H,50,54)/t34-,35-,38-/m0/s1. The summed E-state index contributed by atoms with van der Waals surface area (Å²) in [7, 11) is 0. The Morgan fingerprint density at radius 3 is 2.14 bits per heavy atom. The molecule has 0 fully saturated rings. The zero-order valence-corrected chi connectivity index (χ0v) is 35.2. The topological polar surface area (TPSA) is 197 Å². The first-order chi connectivity index (χ1) is 27.7. The quantitative estimate of drug-likeness (QED) is 0.0894. The van der Waals surface area contributed by atoms with E-state index in [0.717, 1.165) is 23.8 Å². The average Bonchev–Trinajstić information content (AvgIpc) is 3.55. The summed E-state index contributed by atoms with van der Waals surface area (Å²) >= 11 is 0. The Balaban J connectivity index is 1.67. The third-order valence-corrected chi connectivity index (χ3v) is 9.26. The van der Waals surface area contributed by atoms with Crippen molar-refractivity contribution in [2.75, 3.05) is 32.8 Å². The largest absolute Gasteiger partial charge is 0.444 e. The number of nitrogens with zero attached hydrogens (tertiary/aromatic N) is 2. The fourth-order valence-corrected chi connectivity index (χ4v) is 6.63. The molecule has 5 amide bonds. The molecule has 0 bridgehead atoms. The highest BCUT2D eigenvalue weighted by Gasteiger charge is 2.37. The van der Waals surface area contributed by atoms with E-state index in [0.29, 0.717) is 43.6 Å². The molecule has 0 saturated heterocycles. The fraction of sp³-hybridized carbons (Fsp3) is 0.512. The SMILES string of the molecule is CC(=O)N[C@@H](CCCCNC(=O)OC(C)(C)C)C(=O)NCCNC(=O)[C@@H](N)CCN(C(=O)CO)[C@@H](c1cc(-c2cc(F)ccc2F)cn1Cc1ccccc1)C(C)(C)C. The van der Waals surface area contributed by atoms with Gasteiger partial charge in [0.05, 0.1) is 12.1 Å². The number of hydrogen-bond acceptors (Lipinski definition) is 8. The highest BCUT2D eigenvalue weighted by molar-refractivity contribution is 5.87. The molecule has 3 atom stereocenters. The number of benzene rings is 2. The second-order valence-electron chi connectivity index (χ2n) is 16.6. The van der Waals surface area contributed by atoms with E-state index in [1.54, 1.807) is 33.0 Å². The van der Waals surface area contributed by atoms with Crippen molar-refractivity contribution in [3.63, 3.8) is 0 Å². The molecule has 0 spiro atoms. The number of aliphatic hydroxyl groups excluding tert-OH is 1. The van der Waals surface area contributed by atoms with Crippen LogP contribution in [0.25, 0.3) is 11.1 Å². The van der Waals surface area contributed by atoms with Crippen LogP contribution in [0, 0.1) is 17.0 Å². The Morgan fingerprint density at radius 2 is 1.53 bits per heavy atom. The van der Waals surface area contributed by atoms with Gasteiger partial charge in [0.2, 0.25) is 23.6 Å². The lowest BCUT2D eigenvalue weighted by molar-refractivity contribution is -0.140. The van der Waals surface area contributed by atoms with Crippen LogP contribution in [-0.2, 0) is 30.5 Å². The van der Waals surface area contributed by atoms with Gasteiger partial charge in [-0.15, -0.1) is 0 Å². The van der Waals surface area contributed by atoms with Crippen molar-refractivity contribution in [2.24, 2.45) is 11.1 Å². The molecule has 59 heavy (non-hydrogen) atoms. The van der Waals surface area contributed by atoms with Crippen molar-refractivity contribution in [3.8, 4) is 11.1 Å². The summed E-state index contributed by atoms with van der Waals surface area (Å²) in [5.74, 6) is -3.19. The second-order valence-corrected chi connectivity index (χ2v) is 16.6. The number of carbonyl (C=O) groups excluding carboxylic acids is 5. The van der Waals surface area contributed by atoms with E-state index in [9.17, 15) is 33.5 Å². The molecule has 1 aromatic heterocycles. The maximum Gasteiger partial charge on any atom is 0.407 e. The zero-order chi connectivity index (χ0) is 43.9. The minimum absolute atomic E-state index is 0.00861. The van der Waals surface area contributed by atoms with Crippen LogP contribution in [0.5, 0.6) is 0 Å². The number of rotatable bonds is 20. The summed E-state index contributed by atoms with van der Waals surface area (Å²) in [6.07, 6.45) is 2.57. The van der Waals surface area contributed by atoms with Crippen molar-refractivity contribution in [3.05, 3.63) is 83.7 Å². The summed E-state index contributed by atoms with van der Waals surface area (Å²) in [6.45, 7) is 12.2. The number of nitrogens with one attached hydrogen (secondary N) is 4. The minimum atomic E-state index is -1.07. The van der Waals surface area contributed by atoms with Crippen LogP contribution >= 0.6 is 0 Å². The number of nitrogens with two attached hydrogens (primary N) is 1. The summed E-state index contributed by atoms with van der Waals surface area (Å²) in [5.41, 5.74) is 7.00. The van der Waals surface area contributed by atoms with Crippen molar-refractivity contribution in [1.29, 1.82) is 0 Å². The van der Waals surface area contributed by atoms with Gasteiger partial charge < -0.3 is 46.3 Å². The average molecular weight is 826 g/mol. The van der Waals surface area contributed by atoms with Crippen LogP contribution in [0.3, 0.4) is 0 Å². The van der Waals surface area contributed by atoms with Crippen LogP contribution < -0.4 is 27.0 Å². The van der Waals surface area contributed by atoms with Gasteiger partial charge in [-0.1, -0.05) is 51.1 Å². The molecule has 0 aliphatic carbocycles. The van der Waals surface area contributed by atoms with E-state index < -0.39 is 71.2 Å². The molecule has 2 aromatic carbocycles. The molecule has 14 nitrogen and oxygen atoms in total. The van der Waals surface area contributed by atoms with Gasteiger partial charge in [0.1, 0.15) is 29.9 Å². The third kappa shape index (κ3) is 15.7. The smallest absolute Gasteiger partial charge is 0.407 e. The summed E-state index contributed by atoms with van der Waals surface area (Å²) in [6, 6.07) is 11.8. The molecule has 3 aromatic rings. The number of carbonyl (C=O) groups is 5. The molecule has 0 radical (unpaired) electrons. The lowest BCUT2D eigenvalue weighted by Gasteiger charge is -2.41. The fourth-order valence-electron chi connectivity index (χ4n) is 6.63. The number of hydrogen-bond donors (Lipinski definition) is 6. The van der Waals surface area contributed by atoms with E-state index in [-0.39, 0.29) is 37.5 Å².